The molecule has 1 fully saturated rings. The van der Waals surface area contributed by atoms with Crippen LogP contribution < -0.4 is 5.32 Å². The summed E-state index contributed by atoms with van der Waals surface area (Å²) in [7, 11) is 0. The topological polar surface area (TPSA) is 58.6 Å². The van der Waals surface area contributed by atoms with Gasteiger partial charge in [-0.1, -0.05) is 44.2 Å². The highest BCUT2D eigenvalue weighted by Crippen LogP contribution is 2.50. The van der Waals surface area contributed by atoms with Gasteiger partial charge in [-0.3, -0.25) is 4.79 Å². The van der Waals surface area contributed by atoms with Gasteiger partial charge < -0.3 is 15.2 Å². The summed E-state index contributed by atoms with van der Waals surface area (Å²) in [6.45, 7) is 8.72. The highest BCUT2D eigenvalue weighted by molar-refractivity contribution is 5.83. The van der Waals surface area contributed by atoms with E-state index >= 15 is 0 Å². The Morgan fingerprint density at radius 1 is 1.41 bits per heavy atom. The van der Waals surface area contributed by atoms with Crippen LogP contribution in [0.2, 0.25) is 0 Å². The lowest BCUT2D eigenvalue weighted by atomic mass is 9.56. The number of carbonyl (C=O) groups is 1. The minimum Gasteiger partial charge on any atom is -0.387 e. The molecule has 0 aliphatic heterocycles. The van der Waals surface area contributed by atoms with Crippen LogP contribution in [-0.4, -0.2) is 35.9 Å². The van der Waals surface area contributed by atoms with Gasteiger partial charge in [0.25, 0.3) is 0 Å². The van der Waals surface area contributed by atoms with Gasteiger partial charge in [0.2, 0.25) is 5.91 Å². The first-order valence-electron chi connectivity index (χ1n) is 7.98. The summed E-state index contributed by atoms with van der Waals surface area (Å²) < 4.78 is 5.64. The van der Waals surface area contributed by atoms with E-state index in [1.165, 1.54) is 0 Å². The lowest BCUT2D eigenvalue weighted by Gasteiger charge is -2.58. The Morgan fingerprint density at radius 2 is 2.05 bits per heavy atom. The fourth-order valence-electron chi connectivity index (χ4n) is 3.04. The number of carbonyl (C=O) groups excluding carboxylic acids is 1. The van der Waals surface area contributed by atoms with E-state index in [4.69, 9.17) is 4.74 Å². The molecule has 3 atom stereocenters. The average molecular weight is 305 g/mol. The van der Waals surface area contributed by atoms with Crippen LogP contribution in [0.15, 0.2) is 30.3 Å². The summed E-state index contributed by atoms with van der Waals surface area (Å²) in [5, 5.41) is 13.6. The first kappa shape index (κ1) is 17.0. The Balaban J connectivity index is 1.92. The van der Waals surface area contributed by atoms with Gasteiger partial charge in [0, 0.05) is 25.0 Å². The maximum absolute atomic E-state index is 12.3. The third-order valence-corrected chi connectivity index (χ3v) is 5.14. The number of nitrogens with one attached hydrogen (secondary N) is 1. The molecule has 2 N–H and O–H groups in total. The normalized spacial score (nSPS) is 27.8. The third-order valence-electron chi connectivity index (χ3n) is 5.14. The second-order valence-electron chi connectivity index (χ2n) is 6.75. The Kier molecular flexibility index (Phi) is 4.93. The van der Waals surface area contributed by atoms with Gasteiger partial charge in [-0.15, -0.1) is 0 Å². The molecule has 0 spiro atoms. The predicted octanol–water partition coefficient (Wildman–Crippen LogP) is 2.47. The van der Waals surface area contributed by atoms with Gasteiger partial charge >= 0.3 is 0 Å². The molecule has 1 aromatic carbocycles. The van der Waals surface area contributed by atoms with Crippen molar-refractivity contribution in [2.45, 2.75) is 51.7 Å². The SMILES string of the molecule is CCO[C@@H]1C[C@](O)(CNC(=O)[C@@H](C)c2ccccc2)C1(C)C. The molecule has 0 unspecified atom stereocenters. The molecule has 0 saturated heterocycles. The van der Waals surface area contributed by atoms with Crippen molar-refractivity contribution in [2.24, 2.45) is 5.41 Å². The first-order chi connectivity index (χ1) is 10.3. The Labute approximate surface area is 132 Å². The summed E-state index contributed by atoms with van der Waals surface area (Å²) in [6, 6.07) is 9.67. The lowest BCUT2D eigenvalue weighted by molar-refractivity contribution is -0.238. The van der Waals surface area contributed by atoms with E-state index < -0.39 is 5.60 Å². The average Bonchev–Trinajstić information content (AvgIpc) is 2.52. The maximum atomic E-state index is 12.3. The molecule has 122 valence electrons. The van der Waals surface area contributed by atoms with E-state index in [1.54, 1.807) is 0 Å². The van der Waals surface area contributed by atoms with Gasteiger partial charge in [0.15, 0.2) is 0 Å². The Morgan fingerprint density at radius 3 is 2.59 bits per heavy atom. The first-order valence-corrected chi connectivity index (χ1v) is 7.98. The second kappa shape index (κ2) is 6.39. The molecule has 0 bridgehead atoms. The Hall–Kier alpha value is -1.39. The van der Waals surface area contributed by atoms with Crippen LogP contribution >= 0.6 is 0 Å². The largest absolute Gasteiger partial charge is 0.387 e. The van der Waals surface area contributed by atoms with Crippen molar-refractivity contribution in [1.29, 1.82) is 0 Å². The van der Waals surface area contributed by atoms with Crippen molar-refractivity contribution in [3.8, 4) is 0 Å². The van der Waals surface area contributed by atoms with E-state index in [9.17, 15) is 9.90 Å². The van der Waals surface area contributed by atoms with Crippen LogP contribution in [0.1, 0.15) is 45.6 Å². The minimum absolute atomic E-state index is 0.0472. The number of ether oxygens (including phenoxy) is 1. The number of benzene rings is 1. The van der Waals surface area contributed by atoms with Gasteiger partial charge in [0.1, 0.15) is 0 Å². The molecule has 4 heteroatoms. The number of hydrogen-bond acceptors (Lipinski definition) is 3. The highest BCUT2D eigenvalue weighted by Gasteiger charge is 2.59. The van der Waals surface area contributed by atoms with E-state index in [0.717, 1.165) is 5.56 Å². The molecule has 1 aromatic rings. The van der Waals surface area contributed by atoms with Gasteiger partial charge in [-0.2, -0.15) is 0 Å². The zero-order valence-electron chi connectivity index (χ0n) is 13.9. The molecule has 22 heavy (non-hydrogen) atoms. The van der Waals surface area contributed by atoms with Crippen molar-refractivity contribution in [2.75, 3.05) is 13.2 Å². The fraction of sp³-hybridized carbons (Fsp3) is 0.611. The van der Waals surface area contributed by atoms with Gasteiger partial charge in [0.05, 0.1) is 17.6 Å². The zero-order valence-corrected chi connectivity index (χ0v) is 13.9. The van der Waals surface area contributed by atoms with Crippen molar-refractivity contribution >= 4 is 5.91 Å². The second-order valence-corrected chi connectivity index (χ2v) is 6.75. The number of amides is 1. The molecule has 4 nitrogen and oxygen atoms in total. The van der Waals surface area contributed by atoms with Crippen LogP contribution in [0, 0.1) is 5.41 Å². The zero-order chi connectivity index (χ0) is 16.4. The summed E-state index contributed by atoms with van der Waals surface area (Å²) in [4.78, 5) is 12.3. The van der Waals surface area contributed by atoms with E-state index in [-0.39, 0.29) is 29.9 Å². The quantitative estimate of drug-likeness (QED) is 0.849. The molecular formula is C18H27NO3. The standard InChI is InChI=1S/C18H27NO3/c1-5-22-15-11-18(21,17(15,3)4)12-19-16(20)13(2)14-9-7-6-8-10-14/h6-10,13,15,21H,5,11-12H2,1-4H3,(H,19,20)/t13-,15+,18-/m0/s1. The van der Waals surface area contributed by atoms with E-state index in [0.29, 0.717) is 13.0 Å². The molecule has 0 heterocycles. The minimum atomic E-state index is -0.904. The summed E-state index contributed by atoms with van der Waals surface area (Å²) in [6.07, 6.45) is 0.611. The van der Waals surface area contributed by atoms with Gasteiger partial charge in [-0.25, -0.2) is 0 Å². The van der Waals surface area contributed by atoms with Crippen molar-refractivity contribution in [3.63, 3.8) is 0 Å². The molecule has 1 saturated carbocycles. The highest BCUT2D eigenvalue weighted by atomic mass is 16.5. The lowest BCUT2D eigenvalue weighted by Crippen LogP contribution is -2.68. The van der Waals surface area contributed by atoms with Crippen molar-refractivity contribution in [3.05, 3.63) is 35.9 Å². The Bertz CT molecular complexity index is 514. The number of aliphatic hydroxyl groups is 1. The molecular weight excluding hydrogens is 278 g/mol. The van der Waals surface area contributed by atoms with Crippen molar-refractivity contribution < 1.29 is 14.6 Å². The summed E-state index contributed by atoms with van der Waals surface area (Å²) in [5.74, 6) is -0.286. The van der Waals surface area contributed by atoms with E-state index in [2.05, 4.69) is 5.32 Å². The molecule has 1 aliphatic carbocycles. The van der Waals surface area contributed by atoms with E-state index in [1.807, 2.05) is 58.0 Å². The monoisotopic (exact) mass is 305 g/mol. The molecule has 0 aromatic heterocycles. The van der Waals surface area contributed by atoms with Crippen LogP contribution in [0.25, 0.3) is 0 Å². The number of hydrogen-bond donors (Lipinski definition) is 2. The third kappa shape index (κ3) is 3.03. The van der Waals surface area contributed by atoms with Crippen LogP contribution in [0.5, 0.6) is 0 Å². The summed E-state index contributed by atoms with van der Waals surface area (Å²) >= 11 is 0. The van der Waals surface area contributed by atoms with Crippen molar-refractivity contribution in [1.82, 2.24) is 5.32 Å². The van der Waals surface area contributed by atoms with Crippen LogP contribution in [-0.2, 0) is 9.53 Å². The predicted molar refractivity (Wildman–Crippen MR) is 86.6 cm³/mol. The van der Waals surface area contributed by atoms with Gasteiger partial charge in [-0.05, 0) is 19.4 Å². The summed E-state index contributed by atoms with van der Waals surface area (Å²) in [5.41, 5.74) is -0.280. The fourth-order valence-corrected chi connectivity index (χ4v) is 3.04. The van der Waals surface area contributed by atoms with Crippen LogP contribution in [0.3, 0.4) is 0 Å². The molecule has 2 rings (SSSR count). The smallest absolute Gasteiger partial charge is 0.227 e. The number of rotatable bonds is 6. The maximum Gasteiger partial charge on any atom is 0.227 e. The molecule has 0 radical (unpaired) electrons. The molecule has 1 amide bonds. The molecule has 1 aliphatic rings. The van der Waals surface area contributed by atoms with Crippen LogP contribution in [0.4, 0.5) is 0 Å².